The molecular weight excluding hydrogens is 606 g/mol. The summed E-state index contributed by atoms with van der Waals surface area (Å²) in [5, 5.41) is 3.35. The van der Waals surface area contributed by atoms with Gasteiger partial charge in [-0.15, -0.1) is 0 Å². The Kier molecular flexibility index (Phi) is 11.1. The minimum atomic E-state index is -4.22. The summed E-state index contributed by atoms with van der Waals surface area (Å²) in [6.07, 6.45) is 0.248. The molecule has 45 heavy (non-hydrogen) atoms. The van der Waals surface area contributed by atoms with Crippen molar-refractivity contribution >= 4 is 39.1 Å². The first-order valence-corrected chi connectivity index (χ1v) is 16.7. The fraction of sp³-hybridized carbons (Fsp3) is 0.278. The van der Waals surface area contributed by atoms with E-state index in [0.29, 0.717) is 10.6 Å². The van der Waals surface area contributed by atoms with Gasteiger partial charge in [0.25, 0.3) is 10.0 Å². The number of aryl methyl sites for hydroxylation is 2. The number of carbonyl (C=O) groups excluding carboxylic acids is 2. The Labute approximate surface area is 271 Å². The maximum atomic E-state index is 14.6. The van der Waals surface area contributed by atoms with Crippen LogP contribution >= 0.6 is 11.6 Å². The SMILES string of the molecule is Cc1ccc(S(=O)(=O)N(CC(=O)N(Cc2cccc(C)c2)C(Cc2ccccc2)C(=O)NC(C)C)c2cccc(Cl)c2C)cc1. The number of nitrogens with zero attached hydrogens (tertiary/aromatic N) is 2. The molecule has 0 radical (unpaired) electrons. The second kappa shape index (κ2) is 14.8. The van der Waals surface area contributed by atoms with Crippen LogP contribution in [0.5, 0.6) is 0 Å². The number of halogens is 1. The van der Waals surface area contributed by atoms with Crippen molar-refractivity contribution in [3.63, 3.8) is 0 Å². The topological polar surface area (TPSA) is 86.8 Å². The van der Waals surface area contributed by atoms with Crippen molar-refractivity contribution in [1.82, 2.24) is 10.2 Å². The maximum Gasteiger partial charge on any atom is 0.264 e. The summed E-state index contributed by atoms with van der Waals surface area (Å²) in [5.41, 5.74) is 4.41. The highest BCUT2D eigenvalue weighted by atomic mass is 35.5. The van der Waals surface area contributed by atoms with Crippen LogP contribution in [0.3, 0.4) is 0 Å². The first-order valence-electron chi connectivity index (χ1n) is 14.9. The molecule has 0 aromatic heterocycles. The lowest BCUT2D eigenvalue weighted by Gasteiger charge is -2.34. The smallest absolute Gasteiger partial charge is 0.264 e. The van der Waals surface area contributed by atoms with Crippen LogP contribution in [0.4, 0.5) is 5.69 Å². The van der Waals surface area contributed by atoms with E-state index in [1.54, 1.807) is 37.3 Å². The van der Waals surface area contributed by atoms with E-state index in [9.17, 15) is 18.0 Å². The fourth-order valence-corrected chi connectivity index (χ4v) is 6.80. The summed E-state index contributed by atoms with van der Waals surface area (Å²) >= 11 is 6.46. The van der Waals surface area contributed by atoms with Crippen molar-refractivity contribution in [2.24, 2.45) is 0 Å². The summed E-state index contributed by atoms with van der Waals surface area (Å²) in [5.74, 6) is -0.840. The molecule has 1 atom stereocenters. The molecule has 0 spiro atoms. The molecule has 0 bridgehead atoms. The highest BCUT2D eigenvalue weighted by Gasteiger charge is 2.35. The van der Waals surface area contributed by atoms with E-state index in [1.165, 1.54) is 17.0 Å². The Hall–Kier alpha value is -4.14. The van der Waals surface area contributed by atoms with Crippen LogP contribution in [0, 0.1) is 20.8 Å². The molecule has 0 aliphatic carbocycles. The lowest BCUT2D eigenvalue weighted by Crippen LogP contribution is -2.54. The molecule has 0 saturated carbocycles. The Morgan fingerprint density at radius 2 is 1.44 bits per heavy atom. The number of nitrogens with one attached hydrogen (secondary N) is 1. The second-order valence-electron chi connectivity index (χ2n) is 11.6. The predicted molar refractivity (Wildman–Crippen MR) is 181 cm³/mol. The van der Waals surface area contributed by atoms with E-state index >= 15 is 0 Å². The quantitative estimate of drug-likeness (QED) is 0.188. The van der Waals surface area contributed by atoms with Crippen molar-refractivity contribution in [2.75, 3.05) is 10.8 Å². The van der Waals surface area contributed by atoms with Gasteiger partial charge in [0.15, 0.2) is 0 Å². The molecule has 9 heteroatoms. The summed E-state index contributed by atoms with van der Waals surface area (Å²) in [7, 11) is -4.22. The first-order chi connectivity index (χ1) is 21.4. The Balaban J connectivity index is 1.84. The standard InChI is InChI=1S/C36H40ClN3O4S/c1-25(2)38-36(42)34(22-29-12-7-6-8-13-29)39(23-30-14-9-11-27(4)21-30)35(41)24-40(33-16-10-15-32(37)28(33)5)45(43,44)31-19-17-26(3)18-20-31/h6-21,25,34H,22-24H2,1-5H3,(H,38,42). The number of anilines is 1. The summed E-state index contributed by atoms with van der Waals surface area (Å²) < 4.78 is 29.6. The zero-order valence-corrected chi connectivity index (χ0v) is 27.9. The number of amides is 2. The zero-order chi connectivity index (χ0) is 32.7. The maximum absolute atomic E-state index is 14.6. The number of rotatable bonds is 12. The van der Waals surface area contributed by atoms with Crippen LogP contribution in [0.1, 0.15) is 41.7 Å². The van der Waals surface area contributed by atoms with Gasteiger partial charge in [-0.2, -0.15) is 0 Å². The van der Waals surface area contributed by atoms with Crippen molar-refractivity contribution in [2.45, 2.75) is 64.6 Å². The third-order valence-corrected chi connectivity index (χ3v) is 9.72. The average molecular weight is 646 g/mol. The largest absolute Gasteiger partial charge is 0.352 e. The first kappa shape index (κ1) is 33.7. The average Bonchev–Trinajstić information content (AvgIpc) is 2.99. The van der Waals surface area contributed by atoms with Crippen molar-refractivity contribution in [3.8, 4) is 0 Å². The molecule has 4 aromatic carbocycles. The van der Waals surface area contributed by atoms with Crippen LogP contribution < -0.4 is 9.62 Å². The van der Waals surface area contributed by atoms with Gasteiger partial charge >= 0.3 is 0 Å². The van der Waals surface area contributed by atoms with Crippen LogP contribution in [0.2, 0.25) is 5.02 Å². The molecule has 1 unspecified atom stereocenters. The molecule has 236 valence electrons. The molecule has 0 fully saturated rings. The molecule has 7 nitrogen and oxygen atoms in total. The number of hydrogen-bond donors (Lipinski definition) is 1. The molecule has 0 aliphatic rings. The van der Waals surface area contributed by atoms with Gasteiger partial charge in [-0.05, 0) is 75.6 Å². The van der Waals surface area contributed by atoms with Gasteiger partial charge in [0.1, 0.15) is 12.6 Å². The van der Waals surface area contributed by atoms with Crippen molar-refractivity contribution in [1.29, 1.82) is 0 Å². The molecule has 0 heterocycles. The van der Waals surface area contributed by atoms with E-state index < -0.39 is 28.5 Å². The van der Waals surface area contributed by atoms with Gasteiger partial charge in [-0.3, -0.25) is 13.9 Å². The van der Waals surface area contributed by atoms with Crippen molar-refractivity contribution in [3.05, 3.63) is 130 Å². The van der Waals surface area contributed by atoms with Gasteiger partial charge in [-0.25, -0.2) is 8.42 Å². The minimum Gasteiger partial charge on any atom is -0.352 e. The van der Waals surface area contributed by atoms with E-state index in [4.69, 9.17) is 11.6 Å². The predicted octanol–water partition coefficient (Wildman–Crippen LogP) is 6.63. The third-order valence-electron chi connectivity index (χ3n) is 7.53. The van der Waals surface area contributed by atoms with E-state index in [1.807, 2.05) is 82.3 Å². The highest BCUT2D eigenvalue weighted by molar-refractivity contribution is 7.92. The van der Waals surface area contributed by atoms with Gasteiger partial charge in [0, 0.05) is 24.0 Å². The highest BCUT2D eigenvalue weighted by Crippen LogP contribution is 2.31. The number of benzene rings is 4. The molecule has 4 aromatic rings. The lowest BCUT2D eigenvalue weighted by molar-refractivity contribution is -0.140. The minimum absolute atomic E-state index is 0.0453. The number of hydrogen-bond acceptors (Lipinski definition) is 4. The normalized spacial score (nSPS) is 12.1. The van der Waals surface area contributed by atoms with Crippen LogP contribution in [-0.4, -0.2) is 43.8 Å². The Morgan fingerprint density at radius 1 is 0.800 bits per heavy atom. The van der Waals surface area contributed by atoms with Crippen LogP contribution in [0.15, 0.2) is 102 Å². The molecular formula is C36H40ClN3O4S. The van der Waals surface area contributed by atoms with Gasteiger partial charge < -0.3 is 10.2 Å². The molecule has 0 saturated heterocycles. The van der Waals surface area contributed by atoms with E-state index in [0.717, 1.165) is 26.6 Å². The van der Waals surface area contributed by atoms with Gasteiger partial charge in [0.2, 0.25) is 11.8 Å². The third kappa shape index (κ3) is 8.53. The monoisotopic (exact) mass is 645 g/mol. The van der Waals surface area contributed by atoms with E-state index in [2.05, 4.69) is 5.32 Å². The fourth-order valence-electron chi connectivity index (χ4n) is 5.16. The van der Waals surface area contributed by atoms with E-state index in [-0.39, 0.29) is 35.5 Å². The summed E-state index contributed by atoms with van der Waals surface area (Å²) in [6, 6.07) is 27.6. The van der Waals surface area contributed by atoms with Crippen LogP contribution in [-0.2, 0) is 32.6 Å². The Bertz CT molecular complexity index is 1740. The summed E-state index contributed by atoms with van der Waals surface area (Å²) in [4.78, 5) is 29.9. The second-order valence-corrected chi connectivity index (χ2v) is 13.9. The lowest BCUT2D eigenvalue weighted by atomic mass is 10.0. The summed E-state index contributed by atoms with van der Waals surface area (Å²) in [6.45, 7) is 8.85. The van der Waals surface area contributed by atoms with Crippen LogP contribution in [0.25, 0.3) is 0 Å². The molecule has 0 aliphatic heterocycles. The number of sulfonamides is 1. The van der Waals surface area contributed by atoms with Gasteiger partial charge in [-0.1, -0.05) is 95.5 Å². The molecule has 1 N–H and O–H groups in total. The zero-order valence-electron chi connectivity index (χ0n) is 26.3. The Morgan fingerprint density at radius 3 is 2.09 bits per heavy atom. The van der Waals surface area contributed by atoms with Crippen molar-refractivity contribution < 1.29 is 18.0 Å². The van der Waals surface area contributed by atoms with Gasteiger partial charge in [0.05, 0.1) is 10.6 Å². The molecule has 2 amide bonds. The molecule has 4 rings (SSSR count). The number of carbonyl (C=O) groups is 2.